The van der Waals surface area contributed by atoms with Crippen LogP contribution in [0.2, 0.25) is 0 Å². The van der Waals surface area contributed by atoms with Crippen LogP contribution in [0, 0.1) is 5.82 Å². The lowest BCUT2D eigenvalue weighted by atomic mass is 10.1. The highest BCUT2D eigenvalue weighted by Crippen LogP contribution is 2.30. The van der Waals surface area contributed by atoms with E-state index in [0.717, 1.165) is 0 Å². The first kappa shape index (κ1) is 10.4. The molecule has 4 heteroatoms. The zero-order chi connectivity index (χ0) is 11.5. The van der Waals surface area contributed by atoms with Crippen LogP contribution in [-0.4, -0.2) is 17.2 Å². The van der Waals surface area contributed by atoms with E-state index in [2.05, 4.69) is 4.98 Å². The molecule has 16 heavy (non-hydrogen) atoms. The number of rotatable bonds is 2. The molecule has 0 atom stereocenters. The fraction of sp³-hybridized carbons (Fsp3) is 0.0833. The van der Waals surface area contributed by atoms with Crippen LogP contribution >= 0.6 is 0 Å². The second-order valence-corrected chi connectivity index (χ2v) is 3.25. The summed E-state index contributed by atoms with van der Waals surface area (Å²) in [6.07, 6.45) is 1.54. The molecule has 0 aliphatic rings. The number of benzene rings is 1. The van der Waals surface area contributed by atoms with Crippen molar-refractivity contribution in [3.63, 3.8) is 0 Å². The minimum Gasteiger partial charge on any atom is -0.507 e. The average molecular weight is 219 g/mol. The standard InChI is InChI=1S/C12H10FNO2/c1-16-12-6-8(4-5-14-12)10-7-9(13)2-3-11(10)15/h2-7,15H,1H3. The van der Waals surface area contributed by atoms with Gasteiger partial charge in [0.15, 0.2) is 0 Å². The molecule has 2 rings (SSSR count). The minimum absolute atomic E-state index is 0.0228. The van der Waals surface area contributed by atoms with Gasteiger partial charge in [0.1, 0.15) is 11.6 Å². The van der Waals surface area contributed by atoms with Crippen LogP contribution in [0.1, 0.15) is 0 Å². The molecule has 1 aromatic heterocycles. The van der Waals surface area contributed by atoms with E-state index in [1.165, 1.54) is 25.3 Å². The van der Waals surface area contributed by atoms with Gasteiger partial charge in [-0.3, -0.25) is 0 Å². The van der Waals surface area contributed by atoms with Crippen molar-refractivity contribution >= 4 is 0 Å². The van der Waals surface area contributed by atoms with E-state index < -0.39 is 5.82 Å². The molecule has 1 aromatic carbocycles. The average Bonchev–Trinajstić information content (AvgIpc) is 2.32. The summed E-state index contributed by atoms with van der Waals surface area (Å²) in [7, 11) is 1.50. The summed E-state index contributed by atoms with van der Waals surface area (Å²) in [6, 6.07) is 7.10. The highest BCUT2D eigenvalue weighted by Gasteiger charge is 2.06. The first-order chi connectivity index (χ1) is 7.70. The van der Waals surface area contributed by atoms with Crippen molar-refractivity contribution in [2.75, 3.05) is 7.11 Å². The van der Waals surface area contributed by atoms with Gasteiger partial charge in [-0.25, -0.2) is 9.37 Å². The third kappa shape index (κ3) is 1.95. The highest BCUT2D eigenvalue weighted by atomic mass is 19.1. The van der Waals surface area contributed by atoms with E-state index in [0.29, 0.717) is 17.0 Å². The summed E-state index contributed by atoms with van der Waals surface area (Å²) in [6.45, 7) is 0. The topological polar surface area (TPSA) is 42.4 Å². The van der Waals surface area contributed by atoms with Gasteiger partial charge in [0, 0.05) is 17.8 Å². The van der Waals surface area contributed by atoms with Crippen LogP contribution in [0.5, 0.6) is 11.6 Å². The van der Waals surface area contributed by atoms with Gasteiger partial charge in [-0.1, -0.05) is 0 Å². The number of methoxy groups -OCH3 is 1. The van der Waals surface area contributed by atoms with E-state index in [4.69, 9.17) is 4.74 Å². The molecular weight excluding hydrogens is 209 g/mol. The maximum absolute atomic E-state index is 13.1. The van der Waals surface area contributed by atoms with Gasteiger partial charge < -0.3 is 9.84 Å². The second-order valence-electron chi connectivity index (χ2n) is 3.25. The molecule has 82 valence electrons. The maximum atomic E-state index is 13.1. The van der Waals surface area contributed by atoms with Crippen molar-refractivity contribution in [3.8, 4) is 22.8 Å². The van der Waals surface area contributed by atoms with Crippen LogP contribution < -0.4 is 4.74 Å². The molecule has 3 nitrogen and oxygen atoms in total. The number of aromatic nitrogens is 1. The molecule has 0 saturated carbocycles. The zero-order valence-corrected chi connectivity index (χ0v) is 8.64. The van der Waals surface area contributed by atoms with Gasteiger partial charge in [-0.15, -0.1) is 0 Å². The summed E-state index contributed by atoms with van der Waals surface area (Å²) >= 11 is 0. The van der Waals surface area contributed by atoms with Crippen LogP contribution in [0.25, 0.3) is 11.1 Å². The lowest BCUT2D eigenvalue weighted by Gasteiger charge is -2.06. The van der Waals surface area contributed by atoms with Gasteiger partial charge >= 0.3 is 0 Å². The molecule has 0 spiro atoms. The Morgan fingerprint density at radius 2 is 2.06 bits per heavy atom. The number of phenols is 1. The van der Waals surface area contributed by atoms with Crippen molar-refractivity contribution in [1.29, 1.82) is 0 Å². The molecular formula is C12H10FNO2. The van der Waals surface area contributed by atoms with Crippen molar-refractivity contribution in [2.45, 2.75) is 0 Å². The number of aromatic hydroxyl groups is 1. The van der Waals surface area contributed by atoms with Crippen LogP contribution in [0.15, 0.2) is 36.5 Å². The first-order valence-electron chi connectivity index (χ1n) is 4.69. The Bertz CT molecular complexity index is 514. The second kappa shape index (κ2) is 4.18. The third-order valence-electron chi connectivity index (χ3n) is 2.21. The van der Waals surface area contributed by atoms with Gasteiger partial charge in [-0.2, -0.15) is 0 Å². The van der Waals surface area contributed by atoms with E-state index >= 15 is 0 Å². The van der Waals surface area contributed by atoms with Crippen LogP contribution in [-0.2, 0) is 0 Å². The smallest absolute Gasteiger partial charge is 0.213 e. The Balaban J connectivity index is 2.53. The fourth-order valence-electron chi connectivity index (χ4n) is 1.43. The SMILES string of the molecule is COc1cc(-c2cc(F)ccc2O)ccn1. The summed E-state index contributed by atoms with van der Waals surface area (Å²) < 4.78 is 18.0. The number of hydrogen-bond donors (Lipinski definition) is 1. The molecule has 0 unspecified atom stereocenters. The number of halogens is 1. The lowest BCUT2D eigenvalue weighted by molar-refractivity contribution is 0.398. The molecule has 1 N–H and O–H groups in total. The van der Waals surface area contributed by atoms with E-state index in [9.17, 15) is 9.50 Å². The summed E-state index contributed by atoms with van der Waals surface area (Å²) in [4.78, 5) is 3.94. The molecule has 0 aliphatic carbocycles. The molecule has 0 saturated heterocycles. The van der Waals surface area contributed by atoms with Crippen molar-refractivity contribution in [3.05, 3.63) is 42.3 Å². The van der Waals surface area contributed by atoms with Crippen molar-refractivity contribution in [1.82, 2.24) is 4.98 Å². The number of nitrogens with zero attached hydrogens (tertiary/aromatic N) is 1. The molecule has 0 radical (unpaired) electrons. The minimum atomic E-state index is -0.399. The summed E-state index contributed by atoms with van der Waals surface area (Å²) in [5.74, 6) is 0.0411. The predicted molar refractivity (Wildman–Crippen MR) is 57.8 cm³/mol. The molecule has 0 bridgehead atoms. The Morgan fingerprint density at radius 3 is 2.81 bits per heavy atom. The van der Waals surface area contributed by atoms with Crippen molar-refractivity contribution in [2.24, 2.45) is 0 Å². The molecule has 0 amide bonds. The molecule has 2 aromatic rings. The maximum Gasteiger partial charge on any atom is 0.213 e. The monoisotopic (exact) mass is 219 g/mol. The zero-order valence-electron chi connectivity index (χ0n) is 8.64. The number of phenolic OH excluding ortho intramolecular Hbond substituents is 1. The molecule has 1 heterocycles. The number of ether oxygens (including phenoxy) is 1. The largest absolute Gasteiger partial charge is 0.507 e. The number of pyridine rings is 1. The Hall–Kier alpha value is -2.10. The lowest BCUT2D eigenvalue weighted by Crippen LogP contribution is -1.88. The summed E-state index contributed by atoms with van der Waals surface area (Å²) in [5.41, 5.74) is 1.07. The van der Waals surface area contributed by atoms with Gasteiger partial charge in [0.25, 0.3) is 0 Å². The summed E-state index contributed by atoms with van der Waals surface area (Å²) in [5, 5.41) is 9.62. The van der Waals surface area contributed by atoms with Crippen LogP contribution in [0.4, 0.5) is 4.39 Å². The van der Waals surface area contributed by atoms with Crippen molar-refractivity contribution < 1.29 is 14.2 Å². The van der Waals surface area contributed by atoms with Gasteiger partial charge in [0.2, 0.25) is 5.88 Å². The molecule has 0 aliphatic heterocycles. The van der Waals surface area contributed by atoms with Crippen LogP contribution in [0.3, 0.4) is 0 Å². The molecule has 0 fully saturated rings. The quantitative estimate of drug-likeness (QED) is 0.844. The highest BCUT2D eigenvalue weighted by molar-refractivity contribution is 5.70. The first-order valence-corrected chi connectivity index (χ1v) is 4.69. The van der Waals surface area contributed by atoms with E-state index in [1.807, 2.05) is 0 Å². The normalized spacial score (nSPS) is 10.1. The fourth-order valence-corrected chi connectivity index (χ4v) is 1.43. The van der Waals surface area contributed by atoms with Gasteiger partial charge in [0.05, 0.1) is 7.11 Å². The van der Waals surface area contributed by atoms with E-state index in [-0.39, 0.29) is 5.75 Å². The Labute approximate surface area is 92.1 Å². The predicted octanol–water partition coefficient (Wildman–Crippen LogP) is 2.60. The third-order valence-corrected chi connectivity index (χ3v) is 2.21. The number of hydrogen-bond acceptors (Lipinski definition) is 3. The Kier molecular flexibility index (Phi) is 2.72. The van der Waals surface area contributed by atoms with E-state index in [1.54, 1.807) is 18.3 Å². The Morgan fingerprint density at radius 1 is 1.25 bits per heavy atom. The van der Waals surface area contributed by atoms with Gasteiger partial charge in [-0.05, 0) is 29.8 Å².